The van der Waals surface area contributed by atoms with Gasteiger partial charge in [-0.2, -0.15) is 0 Å². The summed E-state index contributed by atoms with van der Waals surface area (Å²) >= 11 is 6.61. The fraction of sp³-hybridized carbons (Fsp3) is 0.600. The van der Waals surface area contributed by atoms with Crippen LogP contribution in [0, 0.1) is 5.92 Å². The molecule has 1 aliphatic heterocycles. The number of amidine groups is 1. The second-order valence-corrected chi connectivity index (χ2v) is 11.1. The summed E-state index contributed by atoms with van der Waals surface area (Å²) in [5, 5.41) is 10.3. The minimum absolute atomic E-state index is 0.0548. The summed E-state index contributed by atoms with van der Waals surface area (Å²) in [6.45, 7) is 13.6. The number of nitrogens with zero attached hydrogens (tertiary/aromatic N) is 3. The number of ether oxygens (including phenoxy) is 1. The van der Waals surface area contributed by atoms with Crippen molar-refractivity contribution in [3.8, 4) is 5.75 Å². The zero-order valence-corrected chi connectivity index (χ0v) is 25.1. The van der Waals surface area contributed by atoms with E-state index in [0.29, 0.717) is 17.4 Å². The maximum Gasteiger partial charge on any atom is 0.223 e. The van der Waals surface area contributed by atoms with Crippen molar-refractivity contribution < 1.29 is 9.53 Å². The number of piperazine rings is 1. The van der Waals surface area contributed by atoms with Crippen LogP contribution in [-0.2, 0) is 4.79 Å². The van der Waals surface area contributed by atoms with Crippen molar-refractivity contribution >= 4 is 34.7 Å². The predicted octanol–water partition coefficient (Wildman–Crippen LogP) is 5.33. The Bertz CT molecular complexity index is 1030. The third kappa shape index (κ3) is 10.1. The summed E-state index contributed by atoms with van der Waals surface area (Å²) in [5.74, 6) is 1.94. The van der Waals surface area contributed by atoms with E-state index >= 15 is 0 Å². The summed E-state index contributed by atoms with van der Waals surface area (Å²) < 4.78 is 6.15. The normalized spacial score (nSPS) is 17.7. The molecule has 216 valence electrons. The van der Waals surface area contributed by atoms with Gasteiger partial charge in [-0.05, 0) is 65.6 Å². The fourth-order valence-corrected chi connectivity index (χ4v) is 4.67. The van der Waals surface area contributed by atoms with Crippen molar-refractivity contribution in [2.24, 2.45) is 10.9 Å². The summed E-state index contributed by atoms with van der Waals surface area (Å²) in [7, 11) is 2.16. The monoisotopic (exact) mass is 558 g/mol. The third-order valence-corrected chi connectivity index (χ3v) is 7.29. The van der Waals surface area contributed by atoms with Crippen molar-refractivity contribution in [1.82, 2.24) is 15.5 Å². The topological polar surface area (TPSA) is 81.2 Å². The number of hydrogen-bond donors (Lipinski definition) is 3. The predicted molar refractivity (Wildman–Crippen MR) is 164 cm³/mol. The lowest BCUT2D eigenvalue weighted by Gasteiger charge is -2.34. The highest BCUT2D eigenvalue weighted by Gasteiger charge is 2.24. The first kappa shape index (κ1) is 30.8. The van der Waals surface area contributed by atoms with E-state index in [1.165, 1.54) is 12.1 Å². The summed E-state index contributed by atoms with van der Waals surface area (Å²) in [4.78, 5) is 21.3. The van der Waals surface area contributed by atoms with Gasteiger partial charge < -0.3 is 30.5 Å². The molecule has 0 spiro atoms. The smallest absolute Gasteiger partial charge is 0.223 e. The number of aliphatic imine (C=N–C) groups is 1. The molecule has 3 rings (SSSR count). The van der Waals surface area contributed by atoms with Gasteiger partial charge in [0.15, 0.2) is 0 Å². The SMILES string of the molecule is CC/C=C(NCCCNC(=O)C1CCC1)/C(Cl)=C\N=C(C)Nc1ccc(N2CCN(C)CC2)cc1OC(C)C. The van der Waals surface area contributed by atoms with E-state index in [9.17, 15) is 4.79 Å². The van der Waals surface area contributed by atoms with Gasteiger partial charge in [-0.1, -0.05) is 31.0 Å². The van der Waals surface area contributed by atoms with E-state index in [-0.39, 0.29) is 17.9 Å². The van der Waals surface area contributed by atoms with Crippen LogP contribution >= 0.6 is 11.6 Å². The van der Waals surface area contributed by atoms with Crippen molar-refractivity contribution in [2.75, 3.05) is 56.5 Å². The summed E-state index contributed by atoms with van der Waals surface area (Å²) in [5.41, 5.74) is 2.89. The van der Waals surface area contributed by atoms with Crippen LogP contribution in [0.2, 0.25) is 0 Å². The average Bonchev–Trinajstić information content (AvgIpc) is 2.86. The van der Waals surface area contributed by atoms with E-state index in [2.05, 4.69) is 69.0 Å². The van der Waals surface area contributed by atoms with Crippen LogP contribution < -0.4 is 25.6 Å². The largest absolute Gasteiger partial charge is 0.489 e. The van der Waals surface area contributed by atoms with Gasteiger partial charge in [0.05, 0.1) is 22.5 Å². The number of amides is 1. The van der Waals surface area contributed by atoms with Crippen molar-refractivity contribution in [3.63, 3.8) is 0 Å². The molecule has 9 heteroatoms. The van der Waals surface area contributed by atoms with Gasteiger partial charge in [-0.15, -0.1) is 0 Å². The number of anilines is 2. The highest BCUT2D eigenvalue weighted by Crippen LogP contribution is 2.31. The lowest BCUT2D eigenvalue weighted by Crippen LogP contribution is -2.44. The summed E-state index contributed by atoms with van der Waals surface area (Å²) in [6, 6.07) is 6.31. The number of carbonyl (C=O) groups excluding carboxylic acids is 1. The van der Waals surface area contributed by atoms with Gasteiger partial charge in [0.25, 0.3) is 0 Å². The van der Waals surface area contributed by atoms with Crippen LogP contribution in [0.1, 0.15) is 59.8 Å². The molecular formula is C30H47ClN6O2. The van der Waals surface area contributed by atoms with Crippen molar-refractivity contribution in [1.29, 1.82) is 0 Å². The minimum atomic E-state index is 0.0548. The van der Waals surface area contributed by atoms with Crippen LogP contribution in [0.5, 0.6) is 5.75 Å². The number of nitrogens with one attached hydrogen (secondary N) is 3. The lowest BCUT2D eigenvalue weighted by atomic mass is 9.85. The van der Waals surface area contributed by atoms with Crippen LogP contribution in [0.15, 0.2) is 46.2 Å². The van der Waals surface area contributed by atoms with E-state index in [4.69, 9.17) is 16.3 Å². The molecule has 2 aliphatic rings. The number of carbonyl (C=O) groups is 1. The molecule has 1 amide bonds. The maximum absolute atomic E-state index is 12.0. The van der Waals surface area contributed by atoms with E-state index in [1.54, 1.807) is 6.20 Å². The standard InChI is InChI=1S/C30H47ClN6O2/c1-6-9-27(32-14-8-15-33-30(38)24-10-7-11-24)26(31)21-34-23(4)35-28-13-12-25(20-29(28)39-22(2)3)37-18-16-36(5)17-19-37/h9,12-13,20-22,24,32H,6-8,10-11,14-19H2,1-5H3,(H,33,38)(H,34,35)/b26-21+,27-9-. The lowest BCUT2D eigenvalue weighted by molar-refractivity contribution is -0.127. The van der Waals surface area contributed by atoms with Crippen LogP contribution in [0.3, 0.4) is 0 Å². The van der Waals surface area contributed by atoms with Gasteiger partial charge in [-0.3, -0.25) is 4.79 Å². The van der Waals surface area contributed by atoms with Crippen LogP contribution in [0.4, 0.5) is 11.4 Å². The third-order valence-electron chi connectivity index (χ3n) is 6.99. The Kier molecular flexibility index (Phi) is 12.5. The highest BCUT2D eigenvalue weighted by atomic mass is 35.5. The van der Waals surface area contributed by atoms with Crippen molar-refractivity contribution in [3.05, 3.63) is 41.2 Å². The quantitative estimate of drug-likeness (QED) is 0.131. The molecule has 0 radical (unpaired) electrons. The first-order valence-corrected chi connectivity index (χ1v) is 14.8. The van der Waals surface area contributed by atoms with E-state index in [1.807, 2.05) is 20.8 Å². The number of halogens is 1. The van der Waals surface area contributed by atoms with Crippen LogP contribution in [-0.4, -0.2) is 69.1 Å². The Labute approximate surface area is 239 Å². The Hall–Kier alpha value is -2.71. The number of benzene rings is 1. The molecule has 0 atom stereocenters. The molecule has 1 aromatic rings. The zero-order chi connectivity index (χ0) is 28.2. The molecule has 0 bridgehead atoms. The number of likely N-dealkylation sites (N-methyl/N-ethyl adjacent to an activating group) is 1. The first-order chi connectivity index (χ1) is 18.8. The Morgan fingerprint density at radius 2 is 1.90 bits per heavy atom. The first-order valence-electron chi connectivity index (χ1n) is 14.4. The molecule has 2 fully saturated rings. The number of hydrogen-bond acceptors (Lipinski definition) is 6. The maximum atomic E-state index is 12.0. The molecule has 39 heavy (non-hydrogen) atoms. The minimum Gasteiger partial charge on any atom is -0.489 e. The average molecular weight is 559 g/mol. The molecular weight excluding hydrogens is 512 g/mol. The molecule has 0 aromatic heterocycles. The van der Waals surface area contributed by atoms with E-state index in [0.717, 1.165) is 75.5 Å². The fourth-order valence-electron chi connectivity index (χ4n) is 4.47. The molecule has 8 nitrogen and oxygen atoms in total. The highest BCUT2D eigenvalue weighted by molar-refractivity contribution is 6.31. The van der Waals surface area contributed by atoms with Gasteiger partial charge in [0, 0.05) is 63.1 Å². The zero-order valence-electron chi connectivity index (χ0n) is 24.4. The molecule has 0 unspecified atom stereocenters. The molecule has 1 heterocycles. The molecule has 1 saturated heterocycles. The molecule has 3 N–H and O–H groups in total. The van der Waals surface area contributed by atoms with Gasteiger partial charge in [0.2, 0.25) is 5.91 Å². The second kappa shape index (κ2) is 15.8. The molecule has 1 aromatic carbocycles. The van der Waals surface area contributed by atoms with E-state index < -0.39 is 0 Å². The van der Waals surface area contributed by atoms with Gasteiger partial charge in [-0.25, -0.2) is 4.99 Å². The summed E-state index contributed by atoms with van der Waals surface area (Å²) in [6.07, 6.45) is 8.67. The van der Waals surface area contributed by atoms with Crippen LogP contribution in [0.25, 0.3) is 0 Å². The number of allylic oxidation sites excluding steroid dienone is 2. The van der Waals surface area contributed by atoms with Crippen molar-refractivity contribution in [2.45, 2.75) is 65.9 Å². The Morgan fingerprint density at radius 3 is 2.54 bits per heavy atom. The Balaban J connectivity index is 1.57. The molecule has 1 saturated carbocycles. The van der Waals surface area contributed by atoms with Gasteiger partial charge >= 0.3 is 0 Å². The second-order valence-electron chi connectivity index (χ2n) is 10.7. The Morgan fingerprint density at radius 1 is 1.18 bits per heavy atom. The number of rotatable bonds is 13. The van der Waals surface area contributed by atoms with Gasteiger partial charge in [0.1, 0.15) is 11.6 Å². The molecule has 1 aliphatic carbocycles.